The summed E-state index contributed by atoms with van der Waals surface area (Å²) in [6.07, 6.45) is 3.32. The van der Waals surface area contributed by atoms with Crippen molar-refractivity contribution in [3.63, 3.8) is 0 Å². The predicted octanol–water partition coefficient (Wildman–Crippen LogP) is 4.20. The number of hydrogen-bond acceptors (Lipinski definition) is 2. The fraction of sp³-hybridized carbons (Fsp3) is 0. The molecule has 3 nitrogen and oxygen atoms in total. The van der Waals surface area contributed by atoms with Gasteiger partial charge in [-0.3, -0.25) is 0 Å². The van der Waals surface area contributed by atoms with Crippen molar-refractivity contribution in [1.82, 2.24) is 4.98 Å². The van der Waals surface area contributed by atoms with Crippen LogP contribution in [-0.2, 0) is 0 Å². The number of pyridine rings is 2. The number of nitrogens with zero attached hydrogens (tertiary/aromatic N) is 2. The zero-order valence-electron chi connectivity index (χ0n) is 12.4. The molecule has 0 amide bonds. The molecule has 23 heavy (non-hydrogen) atoms. The fourth-order valence-corrected chi connectivity index (χ4v) is 2.88. The summed E-state index contributed by atoms with van der Waals surface area (Å²) >= 11 is 0. The van der Waals surface area contributed by atoms with Crippen molar-refractivity contribution in [2.45, 2.75) is 0 Å². The summed E-state index contributed by atoms with van der Waals surface area (Å²) in [5.41, 5.74) is 4.36. The van der Waals surface area contributed by atoms with Crippen LogP contribution in [0.5, 0.6) is 0 Å². The van der Waals surface area contributed by atoms with Crippen LogP contribution in [0.4, 0.5) is 0 Å². The second-order valence-corrected chi connectivity index (χ2v) is 5.34. The van der Waals surface area contributed by atoms with Crippen molar-refractivity contribution in [1.29, 1.82) is 0 Å². The Hall–Kier alpha value is -3.20. The van der Waals surface area contributed by atoms with Gasteiger partial charge in [-0.1, -0.05) is 48.5 Å². The van der Waals surface area contributed by atoms with Gasteiger partial charge >= 0.3 is 0 Å². The number of aromatic nitrogens is 2. The Balaban J connectivity index is 2.05. The maximum atomic E-state index is 12.4. The first kappa shape index (κ1) is 13.5. The van der Waals surface area contributed by atoms with E-state index in [1.54, 1.807) is 12.4 Å². The average Bonchev–Trinajstić information content (AvgIpc) is 2.62. The van der Waals surface area contributed by atoms with Crippen LogP contribution in [0.15, 0.2) is 85.2 Å². The number of hydrogen-bond donors (Lipinski definition) is 0. The molecule has 0 saturated carbocycles. The summed E-state index contributed by atoms with van der Waals surface area (Å²) in [6, 6.07) is 23.6. The molecule has 0 spiro atoms. The Morgan fingerprint density at radius 1 is 0.739 bits per heavy atom. The first-order valence-corrected chi connectivity index (χ1v) is 7.46. The molecule has 0 N–H and O–H groups in total. The summed E-state index contributed by atoms with van der Waals surface area (Å²) in [4.78, 5) is 4.48. The normalized spacial score (nSPS) is 10.8. The van der Waals surface area contributed by atoms with Gasteiger partial charge in [-0.05, 0) is 29.3 Å². The van der Waals surface area contributed by atoms with Crippen molar-refractivity contribution in [2.24, 2.45) is 0 Å². The van der Waals surface area contributed by atoms with Crippen LogP contribution in [0.3, 0.4) is 0 Å². The minimum atomic E-state index is 0.584. The monoisotopic (exact) mass is 298 g/mol. The molecular weight excluding hydrogens is 284 g/mol. The summed E-state index contributed by atoms with van der Waals surface area (Å²) in [6.45, 7) is 0. The molecule has 110 valence electrons. The molecule has 0 aliphatic carbocycles. The minimum absolute atomic E-state index is 0.584. The number of fused-ring (bicyclic) bond motifs is 1. The van der Waals surface area contributed by atoms with E-state index in [1.807, 2.05) is 60.7 Å². The third kappa shape index (κ3) is 2.32. The van der Waals surface area contributed by atoms with Crippen LogP contribution in [0.2, 0.25) is 0 Å². The van der Waals surface area contributed by atoms with Gasteiger partial charge in [0.15, 0.2) is 6.20 Å². The Morgan fingerprint density at radius 2 is 1.39 bits per heavy atom. The summed E-state index contributed by atoms with van der Waals surface area (Å²) in [5, 5.41) is 13.3. The largest absolute Gasteiger partial charge is 0.618 e. The lowest BCUT2D eigenvalue weighted by Gasteiger charge is -2.10. The van der Waals surface area contributed by atoms with E-state index >= 15 is 0 Å². The molecule has 0 atom stereocenters. The van der Waals surface area contributed by atoms with Crippen LogP contribution < -0.4 is 4.73 Å². The highest BCUT2D eigenvalue weighted by Crippen LogP contribution is 2.30. The van der Waals surface area contributed by atoms with Gasteiger partial charge in [-0.25, -0.2) is 4.98 Å². The molecule has 3 heteroatoms. The molecule has 2 heterocycles. The molecular formula is C20H14N2O. The van der Waals surface area contributed by atoms with Gasteiger partial charge in [-0.15, -0.1) is 0 Å². The first-order valence-electron chi connectivity index (χ1n) is 7.46. The first-order chi connectivity index (χ1) is 11.3. The van der Waals surface area contributed by atoms with Gasteiger partial charge in [0.2, 0.25) is 5.69 Å². The summed E-state index contributed by atoms with van der Waals surface area (Å²) in [5.74, 6) is 0. The van der Waals surface area contributed by atoms with Crippen LogP contribution in [0, 0.1) is 5.21 Å². The van der Waals surface area contributed by atoms with Gasteiger partial charge in [0.05, 0.1) is 0 Å². The lowest BCUT2D eigenvalue weighted by molar-refractivity contribution is -0.592. The summed E-state index contributed by atoms with van der Waals surface area (Å²) < 4.78 is 0.888. The van der Waals surface area contributed by atoms with Crippen molar-refractivity contribution in [3.8, 4) is 22.4 Å². The number of rotatable bonds is 2. The average molecular weight is 298 g/mol. The van der Waals surface area contributed by atoms with E-state index in [4.69, 9.17) is 0 Å². The SMILES string of the molecule is [O-][n+]1ccc2c(-c3ccccc3)ccnc2c1-c1ccccc1. The predicted molar refractivity (Wildman–Crippen MR) is 91.6 cm³/mol. The maximum Gasteiger partial charge on any atom is 0.250 e. The quantitative estimate of drug-likeness (QED) is 0.411. The molecule has 2 aromatic carbocycles. The van der Waals surface area contributed by atoms with E-state index in [9.17, 15) is 5.21 Å². The zero-order chi connectivity index (χ0) is 15.6. The fourth-order valence-electron chi connectivity index (χ4n) is 2.88. The second kappa shape index (κ2) is 5.54. The van der Waals surface area contributed by atoms with E-state index < -0.39 is 0 Å². The van der Waals surface area contributed by atoms with Crippen molar-refractivity contribution >= 4 is 10.9 Å². The lowest BCUT2D eigenvalue weighted by Crippen LogP contribution is -2.28. The Kier molecular flexibility index (Phi) is 3.24. The molecule has 0 aliphatic heterocycles. The minimum Gasteiger partial charge on any atom is -0.618 e. The van der Waals surface area contributed by atoms with E-state index in [1.165, 1.54) is 0 Å². The van der Waals surface area contributed by atoms with Gasteiger partial charge in [0.25, 0.3) is 0 Å². The molecule has 0 fully saturated rings. The topological polar surface area (TPSA) is 39.8 Å². The molecule has 4 aromatic rings. The van der Waals surface area contributed by atoms with Gasteiger partial charge in [-0.2, -0.15) is 4.73 Å². The van der Waals surface area contributed by atoms with Crippen LogP contribution >= 0.6 is 0 Å². The van der Waals surface area contributed by atoms with E-state index in [0.29, 0.717) is 5.69 Å². The molecule has 0 aliphatic rings. The number of benzene rings is 2. The van der Waals surface area contributed by atoms with Gasteiger partial charge in [0.1, 0.15) is 5.52 Å². The molecule has 0 saturated heterocycles. The van der Waals surface area contributed by atoms with Crippen LogP contribution in [0.1, 0.15) is 0 Å². The Morgan fingerprint density at radius 3 is 2.09 bits per heavy atom. The summed E-state index contributed by atoms with van der Waals surface area (Å²) in [7, 11) is 0. The van der Waals surface area contributed by atoms with Crippen molar-refractivity contribution in [2.75, 3.05) is 0 Å². The van der Waals surface area contributed by atoms with Gasteiger partial charge in [0, 0.05) is 23.2 Å². The maximum absolute atomic E-state index is 12.4. The molecule has 0 bridgehead atoms. The third-order valence-electron chi connectivity index (χ3n) is 3.94. The van der Waals surface area contributed by atoms with E-state index in [2.05, 4.69) is 17.1 Å². The lowest BCUT2D eigenvalue weighted by atomic mass is 10.00. The third-order valence-corrected chi connectivity index (χ3v) is 3.94. The molecule has 2 aromatic heterocycles. The smallest absolute Gasteiger partial charge is 0.250 e. The standard InChI is InChI=1S/C20H14N2O/c23-22-14-12-18-17(15-7-3-1-4-8-15)11-13-21-19(18)20(22)16-9-5-2-6-10-16/h1-14H. The van der Waals surface area contributed by atoms with Crippen LogP contribution in [0.25, 0.3) is 33.3 Å². The Labute approximate surface area is 134 Å². The molecule has 0 unspecified atom stereocenters. The zero-order valence-corrected chi connectivity index (χ0v) is 12.4. The van der Waals surface area contributed by atoms with Crippen molar-refractivity contribution in [3.05, 3.63) is 90.4 Å². The van der Waals surface area contributed by atoms with E-state index in [-0.39, 0.29) is 0 Å². The Bertz CT molecular complexity index is 967. The van der Waals surface area contributed by atoms with Gasteiger partial charge < -0.3 is 5.21 Å². The van der Waals surface area contributed by atoms with Crippen LogP contribution in [-0.4, -0.2) is 4.98 Å². The molecule has 4 rings (SSSR count). The highest BCUT2D eigenvalue weighted by molar-refractivity contribution is 5.99. The van der Waals surface area contributed by atoms with E-state index in [0.717, 1.165) is 32.3 Å². The highest BCUT2D eigenvalue weighted by atomic mass is 16.5. The molecule has 0 radical (unpaired) electrons. The van der Waals surface area contributed by atoms with Crippen molar-refractivity contribution < 1.29 is 4.73 Å². The highest BCUT2D eigenvalue weighted by Gasteiger charge is 2.17. The second-order valence-electron chi connectivity index (χ2n) is 5.34.